The molecule has 166 valence electrons. The van der Waals surface area contributed by atoms with E-state index in [0.717, 1.165) is 42.5 Å². The van der Waals surface area contributed by atoms with Crippen LogP contribution in [-0.4, -0.2) is 32.8 Å². The smallest absolute Gasteiger partial charge is 0.349 e. The topological polar surface area (TPSA) is 86.1 Å². The van der Waals surface area contributed by atoms with Gasteiger partial charge in [-0.05, 0) is 62.4 Å². The molecule has 1 aliphatic carbocycles. The van der Waals surface area contributed by atoms with Gasteiger partial charge >= 0.3 is 5.69 Å². The summed E-state index contributed by atoms with van der Waals surface area (Å²) in [4.78, 5) is 33.9. The molecule has 0 saturated heterocycles. The van der Waals surface area contributed by atoms with Crippen molar-refractivity contribution >= 4 is 23.4 Å². The number of aromatic nitrogens is 3. The second kappa shape index (κ2) is 10.5. The molecule has 1 aromatic carbocycles. The summed E-state index contributed by atoms with van der Waals surface area (Å²) in [5, 5.41) is 3.57. The number of thioether (sulfide) groups is 1. The molecule has 2 aromatic heterocycles. The van der Waals surface area contributed by atoms with Crippen molar-refractivity contribution < 1.29 is 9.53 Å². The van der Waals surface area contributed by atoms with Gasteiger partial charge in [0.25, 0.3) is 0 Å². The molecule has 4 rings (SSSR count). The zero-order chi connectivity index (χ0) is 22.3. The number of anilines is 1. The van der Waals surface area contributed by atoms with Crippen LogP contribution in [0.4, 0.5) is 5.69 Å². The Labute approximate surface area is 191 Å². The summed E-state index contributed by atoms with van der Waals surface area (Å²) in [6, 6.07) is 11.2. The average molecular weight is 451 g/mol. The Morgan fingerprint density at radius 2 is 1.94 bits per heavy atom. The molecule has 0 bridgehead atoms. The molecular formula is C24H26N4O3S. The first-order chi connectivity index (χ1) is 15.7. The summed E-state index contributed by atoms with van der Waals surface area (Å²) in [6.45, 7) is 2.91. The summed E-state index contributed by atoms with van der Waals surface area (Å²) >= 11 is 1.32. The maximum atomic E-state index is 12.9. The fourth-order valence-corrected chi connectivity index (χ4v) is 4.75. The number of nitrogens with zero attached hydrogens (tertiary/aromatic N) is 3. The summed E-state index contributed by atoms with van der Waals surface area (Å²) in [7, 11) is 0. The number of benzene rings is 1. The molecule has 32 heavy (non-hydrogen) atoms. The first-order valence-corrected chi connectivity index (χ1v) is 11.8. The standard InChI is InChI=1S/C24H26N4O3S/c1-2-31-21-10-6-4-8-19(21)26-22(29)16-32-23-18-7-3-5-9-20(18)28(24(30)27-23)15-17-11-13-25-14-12-17/h4,6,8,10-14H,2-3,5,7,9,15-16H2,1H3,(H,26,29). The summed E-state index contributed by atoms with van der Waals surface area (Å²) < 4.78 is 7.34. The minimum absolute atomic E-state index is 0.158. The number of amides is 1. The Morgan fingerprint density at radius 1 is 1.16 bits per heavy atom. The van der Waals surface area contributed by atoms with Crippen LogP contribution in [0.2, 0.25) is 0 Å². The molecule has 1 N–H and O–H groups in total. The quantitative estimate of drug-likeness (QED) is 0.416. The molecule has 1 amide bonds. The number of rotatable bonds is 8. The average Bonchev–Trinajstić information content (AvgIpc) is 2.82. The van der Waals surface area contributed by atoms with Crippen molar-refractivity contribution in [2.45, 2.75) is 44.2 Å². The van der Waals surface area contributed by atoms with E-state index in [1.807, 2.05) is 43.3 Å². The molecule has 3 aromatic rings. The lowest BCUT2D eigenvalue weighted by atomic mass is 9.97. The molecule has 0 atom stereocenters. The Hall–Kier alpha value is -3.13. The maximum absolute atomic E-state index is 12.9. The van der Waals surface area contributed by atoms with Crippen LogP contribution in [0.5, 0.6) is 5.75 Å². The summed E-state index contributed by atoms with van der Waals surface area (Å²) in [5.41, 5.74) is 3.52. The molecule has 2 heterocycles. The second-order valence-electron chi connectivity index (χ2n) is 7.54. The van der Waals surface area contributed by atoms with Crippen LogP contribution < -0.4 is 15.7 Å². The van der Waals surface area contributed by atoms with Gasteiger partial charge in [-0.1, -0.05) is 23.9 Å². The zero-order valence-electron chi connectivity index (χ0n) is 18.0. The van der Waals surface area contributed by atoms with Gasteiger partial charge in [0.05, 0.1) is 24.6 Å². The number of ether oxygens (including phenoxy) is 1. The number of carbonyl (C=O) groups is 1. The first kappa shape index (κ1) is 22.1. The monoisotopic (exact) mass is 450 g/mol. The molecular weight excluding hydrogens is 424 g/mol. The maximum Gasteiger partial charge on any atom is 0.349 e. The van der Waals surface area contributed by atoms with Crippen LogP contribution in [0.25, 0.3) is 0 Å². The van der Waals surface area contributed by atoms with Crippen LogP contribution in [0, 0.1) is 0 Å². The van der Waals surface area contributed by atoms with Gasteiger partial charge in [-0.15, -0.1) is 0 Å². The third-order valence-electron chi connectivity index (χ3n) is 5.34. The lowest BCUT2D eigenvalue weighted by Gasteiger charge is -2.22. The lowest BCUT2D eigenvalue weighted by molar-refractivity contribution is -0.113. The van der Waals surface area contributed by atoms with Crippen molar-refractivity contribution in [2.75, 3.05) is 17.7 Å². The SMILES string of the molecule is CCOc1ccccc1NC(=O)CSc1nc(=O)n(Cc2ccncc2)c2c1CCCC2. The number of para-hydroxylation sites is 2. The number of fused-ring (bicyclic) bond motifs is 1. The largest absolute Gasteiger partial charge is 0.492 e. The third-order valence-corrected chi connectivity index (χ3v) is 6.36. The molecule has 0 unspecified atom stereocenters. The van der Waals surface area contributed by atoms with Crippen molar-refractivity contribution in [1.82, 2.24) is 14.5 Å². The molecule has 8 heteroatoms. The Kier molecular flexibility index (Phi) is 7.21. The van der Waals surface area contributed by atoms with Crippen molar-refractivity contribution in [1.29, 1.82) is 0 Å². The Balaban J connectivity index is 1.51. The predicted molar refractivity (Wildman–Crippen MR) is 125 cm³/mol. The van der Waals surface area contributed by atoms with Crippen LogP contribution in [-0.2, 0) is 24.2 Å². The molecule has 1 aliphatic rings. The Bertz CT molecular complexity index is 1150. The third kappa shape index (κ3) is 5.19. The zero-order valence-corrected chi connectivity index (χ0v) is 18.9. The van der Waals surface area contributed by atoms with E-state index in [9.17, 15) is 9.59 Å². The van der Waals surface area contributed by atoms with Crippen LogP contribution in [0.1, 0.15) is 36.6 Å². The Morgan fingerprint density at radius 3 is 2.75 bits per heavy atom. The van der Waals surface area contributed by atoms with Gasteiger partial charge in [0, 0.05) is 23.7 Å². The second-order valence-corrected chi connectivity index (χ2v) is 8.50. The highest BCUT2D eigenvalue weighted by molar-refractivity contribution is 8.00. The summed E-state index contributed by atoms with van der Waals surface area (Å²) in [6.07, 6.45) is 7.28. The fraction of sp³-hybridized carbons (Fsp3) is 0.333. The van der Waals surface area contributed by atoms with E-state index in [1.165, 1.54) is 11.8 Å². The van der Waals surface area contributed by atoms with E-state index in [-0.39, 0.29) is 17.3 Å². The van der Waals surface area contributed by atoms with Gasteiger partial charge in [0.2, 0.25) is 5.91 Å². The number of hydrogen-bond acceptors (Lipinski definition) is 6. The number of hydrogen-bond donors (Lipinski definition) is 1. The fourth-order valence-electron chi connectivity index (χ4n) is 3.87. The van der Waals surface area contributed by atoms with Crippen molar-refractivity contribution in [3.8, 4) is 5.75 Å². The minimum Gasteiger partial charge on any atom is -0.492 e. The van der Waals surface area contributed by atoms with Gasteiger partial charge in [-0.25, -0.2) is 4.79 Å². The van der Waals surface area contributed by atoms with Gasteiger partial charge in [0.1, 0.15) is 10.8 Å². The van der Waals surface area contributed by atoms with Crippen LogP contribution >= 0.6 is 11.8 Å². The van der Waals surface area contributed by atoms with E-state index in [2.05, 4.69) is 15.3 Å². The predicted octanol–water partition coefficient (Wildman–Crippen LogP) is 3.69. The molecule has 0 saturated carbocycles. The summed E-state index contributed by atoms with van der Waals surface area (Å²) in [5.74, 6) is 0.658. The van der Waals surface area contributed by atoms with E-state index >= 15 is 0 Å². The highest BCUT2D eigenvalue weighted by Crippen LogP contribution is 2.29. The molecule has 0 radical (unpaired) electrons. The van der Waals surface area contributed by atoms with E-state index in [1.54, 1.807) is 17.0 Å². The van der Waals surface area contributed by atoms with Gasteiger partial charge in [-0.3, -0.25) is 14.3 Å². The van der Waals surface area contributed by atoms with Crippen LogP contribution in [0.15, 0.2) is 58.6 Å². The van der Waals surface area contributed by atoms with Crippen molar-refractivity contribution in [3.05, 3.63) is 76.1 Å². The van der Waals surface area contributed by atoms with Crippen LogP contribution in [0.3, 0.4) is 0 Å². The molecule has 0 fully saturated rings. The molecule has 0 spiro atoms. The van der Waals surface area contributed by atoms with Crippen molar-refractivity contribution in [3.63, 3.8) is 0 Å². The number of pyridine rings is 1. The molecule has 0 aliphatic heterocycles. The normalized spacial score (nSPS) is 12.8. The number of carbonyl (C=O) groups excluding carboxylic acids is 1. The van der Waals surface area contributed by atoms with Gasteiger partial charge < -0.3 is 10.1 Å². The first-order valence-electron chi connectivity index (χ1n) is 10.8. The highest BCUT2D eigenvalue weighted by atomic mass is 32.2. The van der Waals surface area contributed by atoms with E-state index in [0.29, 0.717) is 29.6 Å². The van der Waals surface area contributed by atoms with E-state index in [4.69, 9.17) is 4.74 Å². The van der Waals surface area contributed by atoms with E-state index < -0.39 is 0 Å². The van der Waals surface area contributed by atoms with Crippen molar-refractivity contribution in [2.24, 2.45) is 0 Å². The highest BCUT2D eigenvalue weighted by Gasteiger charge is 2.21. The van der Waals surface area contributed by atoms with Gasteiger partial charge in [-0.2, -0.15) is 4.98 Å². The lowest BCUT2D eigenvalue weighted by Crippen LogP contribution is -2.30. The van der Waals surface area contributed by atoms with Gasteiger partial charge in [0.15, 0.2) is 0 Å². The number of nitrogens with one attached hydrogen (secondary N) is 1. The molecule has 7 nitrogen and oxygen atoms in total. The minimum atomic E-state index is -0.271.